The molecule has 0 heterocycles. The number of hydrogen-bond donors (Lipinski definition) is 2. The van der Waals surface area contributed by atoms with Gasteiger partial charge in [-0.15, -0.1) is 0 Å². The molecule has 2 N–H and O–H groups in total. The molecular weight excluding hydrogens is 281 g/mol. The fraction of sp³-hybridized carbons (Fsp3) is 0.200. The Hall–Kier alpha value is -1.94. The Morgan fingerprint density at radius 1 is 1.25 bits per heavy atom. The molecule has 106 valence electrons. The van der Waals surface area contributed by atoms with E-state index in [1.807, 2.05) is 6.92 Å². The van der Waals surface area contributed by atoms with E-state index in [9.17, 15) is 9.50 Å². The monoisotopic (exact) mass is 295 g/mol. The largest absolute Gasteiger partial charge is 0.508 e. The Morgan fingerprint density at radius 2 is 2.00 bits per heavy atom. The Kier molecular flexibility index (Phi) is 4.35. The van der Waals surface area contributed by atoms with Crippen LogP contribution in [0.2, 0.25) is 5.02 Å². The lowest BCUT2D eigenvalue weighted by Crippen LogP contribution is -2.08. The first-order valence-corrected chi connectivity index (χ1v) is 6.47. The molecule has 2 rings (SSSR count). The van der Waals surface area contributed by atoms with E-state index in [0.717, 1.165) is 11.8 Å². The summed E-state index contributed by atoms with van der Waals surface area (Å²) in [7, 11) is 1.54. The van der Waals surface area contributed by atoms with Crippen LogP contribution in [0.3, 0.4) is 0 Å². The van der Waals surface area contributed by atoms with Crippen molar-refractivity contribution in [3.05, 3.63) is 52.8 Å². The van der Waals surface area contributed by atoms with E-state index in [-0.39, 0.29) is 11.8 Å². The lowest BCUT2D eigenvalue weighted by Gasteiger charge is -2.17. The summed E-state index contributed by atoms with van der Waals surface area (Å²) in [5.74, 6) is 0.0382. The normalized spacial score (nSPS) is 12.0. The van der Waals surface area contributed by atoms with Crippen LogP contribution >= 0.6 is 11.6 Å². The quantitative estimate of drug-likeness (QED) is 0.880. The van der Waals surface area contributed by atoms with Crippen LogP contribution in [-0.4, -0.2) is 12.2 Å². The van der Waals surface area contributed by atoms with E-state index >= 15 is 0 Å². The van der Waals surface area contributed by atoms with E-state index in [2.05, 4.69) is 5.32 Å². The van der Waals surface area contributed by atoms with E-state index in [1.54, 1.807) is 31.4 Å². The molecule has 0 spiro atoms. The molecule has 2 aromatic rings. The van der Waals surface area contributed by atoms with Gasteiger partial charge in [-0.25, -0.2) is 4.39 Å². The zero-order valence-electron chi connectivity index (χ0n) is 11.2. The van der Waals surface area contributed by atoms with Gasteiger partial charge in [-0.1, -0.05) is 17.7 Å². The van der Waals surface area contributed by atoms with Crippen molar-refractivity contribution in [1.82, 2.24) is 0 Å². The molecule has 3 nitrogen and oxygen atoms in total. The highest BCUT2D eigenvalue weighted by Gasteiger charge is 2.12. The maximum atomic E-state index is 13.8. The van der Waals surface area contributed by atoms with Gasteiger partial charge in [0.2, 0.25) is 0 Å². The summed E-state index contributed by atoms with van der Waals surface area (Å²) in [6.45, 7) is 1.83. The third-order valence-electron chi connectivity index (χ3n) is 2.99. The van der Waals surface area contributed by atoms with Crippen molar-refractivity contribution in [3.63, 3.8) is 0 Å². The molecular formula is C15H15ClFNO2. The van der Waals surface area contributed by atoms with Crippen molar-refractivity contribution >= 4 is 17.3 Å². The fourth-order valence-electron chi connectivity index (χ4n) is 1.95. The Bertz CT molecular complexity index is 619. The summed E-state index contributed by atoms with van der Waals surface area (Å²) < 4.78 is 18.8. The third kappa shape index (κ3) is 3.14. The van der Waals surface area contributed by atoms with Crippen LogP contribution in [-0.2, 0) is 0 Å². The second-order valence-corrected chi connectivity index (χ2v) is 4.83. The second kappa shape index (κ2) is 6.01. The standard InChI is InChI=1S/C15H15ClFNO2/c1-9(12-5-4-11(19)8-14(12)17)18-10-3-6-15(20-2)13(16)7-10/h3-9,18-19H,1-2H3. The minimum absolute atomic E-state index is 0.0917. The van der Waals surface area contributed by atoms with Gasteiger partial charge in [0.1, 0.15) is 17.3 Å². The van der Waals surface area contributed by atoms with E-state index in [0.29, 0.717) is 16.3 Å². The van der Waals surface area contributed by atoms with Crippen molar-refractivity contribution in [1.29, 1.82) is 0 Å². The van der Waals surface area contributed by atoms with Crippen LogP contribution in [0.1, 0.15) is 18.5 Å². The summed E-state index contributed by atoms with van der Waals surface area (Å²) in [6.07, 6.45) is 0. The highest BCUT2D eigenvalue weighted by molar-refractivity contribution is 6.32. The van der Waals surface area contributed by atoms with E-state index < -0.39 is 5.82 Å². The number of halogens is 2. The van der Waals surface area contributed by atoms with Gasteiger partial charge >= 0.3 is 0 Å². The molecule has 0 saturated heterocycles. The molecule has 0 radical (unpaired) electrons. The highest BCUT2D eigenvalue weighted by atomic mass is 35.5. The molecule has 20 heavy (non-hydrogen) atoms. The first-order valence-electron chi connectivity index (χ1n) is 6.09. The number of aromatic hydroxyl groups is 1. The number of nitrogens with one attached hydrogen (secondary N) is 1. The summed E-state index contributed by atoms with van der Waals surface area (Å²) in [4.78, 5) is 0. The summed E-state index contributed by atoms with van der Waals surface area (Å²) in [5.41, 5.74) is 1.23. The van der Waals surface area contributed by atoms with Crippen molar-refractivity contribution in [2.45, 2.75) is 13.0 Å². The first kappa shape index (κ1) is 14.5. The number of benzene rings is 2. The predicted molar refractivity (Wildman–Crippen MR) is 78.1 cm³/mol. The number of methoxy groups -OCH3 is 1. The van der Waals surface area contributed by atoms with Gasteiger partial charge in [0.25, 0.3) is 0 Å². The molecule has 0 aliphatic rings. The van der Waals surface area contributed by atoms with Gasteiger partial charge < -0.3 is 15.2 Å². The minimum atomic E-state index is -0.454. The number of rotatable bonds is 4. The Morgan fingerprint density at radius 3 is 2.60 bits per heavy atom. The van der Waals surface area contributed by atoms with Crippen LogP contribution in [0.4, 0.5) is 10.1 Å². The molecule has 0 fully saturated rings. The number of anilines is 1. The van der Waals surface area contributed by atoms with Gasteiger partial charge in [0, 0.05) is 17.3 Å². The average Bonchev–Trinajstić information content (AvgIpc) is 2.38. The van der Waals surface area contributed by atoms with Crippen LogP contribution < -0.4 is 10.1 Å². The number of phenols is 1. The SMILES string of the molecule is COc1ccc(NC(C)c2ccc(O)cc2F)cc1Cl. The Balaban J connectivity index is 2.18. The maximum absolute atomic E-state index is 13.8. The smallest absolute Gasteiger partial charge is 0.137 e. The van der Waals surface area contributed by atoms with Gasteiger partial charge in [0.05, 0.1) is 18.2 Å². The molecule has 0 saturated carbocycles. The molecule has 2 aromatic carbocycles. The molecule has 1 unspecified atom stereocenters. The molecule has 0 aromatic heterocycles. The molecule has 0 bridgehead atoms. The molecule has 1 atom stereocenters. The summed E-state index contributed by atoms with van der Waals surface area (Å²) >= 11 is 6.04. The molecule has 0 aliphatic carbocycles. The average molecular weight is 296 g/mol. The summed E-state index contributed by atoms with van der Waals surface area (Å²) in [5, 5.41) is 12.8. The van der Waals surface area contributed by atoms with Crippen LogP contribution in [0.5, 0.6) is 11.5 Å². The van der Waals surface area contributed by atoms with Gasteiger partial charge in [0.15, 0.2) is 0 Å². The lowest BCUT2D eigenvalue weighted by molar-refractivity contribution is 0.415. The topological polar surface area (TPSA) is 41.5 Å². The first-order chi connectivity index (χ1) is 9.51. The third-order valence-corrected chi connectivity index (χ3v) is 3.28. The van der Waals surface area contributed by atoms with Gasteiger partial charge in [-0.2, -0.15) is 0 Å². The van der Waals surface area contributed by atoms with Crippen LogP contribution in [0.25, 0.3) is 0 Å². The fourth-order valence-corrected chi connectivity index (χ4v) is 2.21. The number of phenolic OH excluding ortho intramolecular Hbond substituents is 1. The van der Waals surface area contributed by atoms with Crippen molar-refractivity contribution in [2.24, 2.45) is 0 Å². The predicted octanol–water partition coefficient (Wildman–Crippen LogP) is 4.37. The highest BCUT2D eigenvalue weighted by Crippen LogP contribution is 2.30. The zero-order chi connectivity index (χ0) is 14.7. The van der Waals surface area contributed by atoms with E-state index in [4.69, 9.17) is 16.3 Å². The van der Waals surface area contributed by atoms with Crippen LogP contribution in [0, 0.1) is 5.82 Å². The second-order valence-electron chi connectivity index (χ2n) is 4.42. The molecule has 0 amide bonds. The zero-order valence-corrected chi connectivity index (χ0v) is 11.9. The summed E-state index contributed by atoms with van der Waals surface area (Å²) in [6, 6.07) is 9.10. The van der Waals surface area contributed by atoms with Crippen LogP contribution in [0.15, 0.2) is 36.4 Å². The van der Waals surface area contributed by atoms with Crippen molar-refractivity contribution < 1.29 is 14.2 Å². The van der Waals surface area contributed by atoms with Gasteiger partial charge in [-0.05, 0) is 31.2 Å². The van der Waals surface area contributed by atoms with E-state index in [1.165, 1.54) is 6.07 Å². The lowest BCUT2D eigenvalue weighted by atomic mass is 10.1. The minimum Gasteiger partial charge on any atom is -0.508 e. The Labute approximate surface area is 122 Å². The van der Waals surface area contributed by atoms with Crippen molar-refractivity contribution in [2.75, 3.05) is 12.4 Å². The van der Waals surface area contributed by atoms with Gasteiger partial charge in [-0.3, -0.25) is 0 Å². The number of hydrogen-bond acceptors (Lipinski definition) is 3. The number of ether oxygens (including phenoxy) is 1. The maximum Gasteiger partial charge on any atom is 0.137 e. The molecule has 5 heteroatoms. The molecule has 0 aliphatic heterocycles. The van der Waals surface area contributed by atoms with Crippen molar-refractivity contribution in [3.8, 4) is 11.5 Å².